The van der Waals surface area contributed by atoms with Gasteiger partial charge in [0.25, 0.3) is 0 Å². The predicted molar refractivity (Wildman–Crippen MR) is 68.3 cm³/mol. The minimum Gasteiger partial charge on any atom is -0.480 e. The van der Waals surface area contributed by atoms with E-state index in [0.29, 0.717) is 16.8 Å². The highest BCUT2D eigenvalue weighted by Crippen LogP contribution is 2.31. The highest BCUT2D eigenvalue weighted by Gasteiger charge is 2.30. The first-order valence-electron chi connectivity index (χ1n) is 5.97. The maximum Gasteiger partial charge on any atom is 0.416 e. The van der Waals surface area contributed by atoms with Gasteiger partial charge in [0.1, 0.15) is 6.04 Å². The van der Waals surface area contributed by atoms with Gasteiger partial charge in [-0.3, -0.25) is 9.89 Å². The largest absolute Gasteiger partial charge is 0.480 e. The molecule has 0 spiro atoms. The van der Waals surface area contributed by atoms with Crippen molar-refractivity contribution in [3.05, 3.63) is 41.6 Å². The van der Waals surface area contributed by atoms with Crippen LogP contribution in [0.1, 0.15) is 11.1 Å². The van der Waals surface area contributed by atoms with Crippen molar-refractivity contribution in [1.29, 1.82) is 0 Å². The van der Waals surface area contributed by atoms with Crippen LogP contribution in [0.3, 0.4) is 0 Å². The number of hydrogen-bond donors (Lipinski definition) is 3. The van der Waals surface area contributed by atoms with Gasteiger partial charge in [0.15, 0.2) is 0 Å². The second-order valence-corrected chi connectivity index (χ2v) is 4.49. The number of nitrogens with two attached hydrogens (primary N) is 1. The number of nitrogens with one attached hydrogen (secondary N) is 1. The fourth-order valence-corrected chi connectivity index (χ4v) is 1.87. The highest BCUT2D eigenvalue weighted by atomic mass is 19.4. The van der Waals surface area contributed by atoms with Gasteiger partial charge in [0, 0.05) is 6.42 Å². The van der Waals surface area contributed by atoms with Crippen LogP contribution >= 0.6 is 0 Å². The third-order valence-electron chi connectivity index (χ3n) is 2.98. The summed E-state index contributed by atoms with van der Waals surface area (Å²) in [6.07, 6.45) is -2.96. The van der Waals surface area contributed by atoms with Gasteiger partial charge in [-0.05, 0) is 23.3 Å². The van der Waals surface area contributed by atoms with E-state index in [9.17, 15) is 18.0 Å². The van der Waals surface area contributed by atoms with Gasteiger partial charge in [-0.2, -0.15) is 18.3 Å². The van der Waals surface area contributed by atoms with E-state index >= 15 is 0 Å². The van der Waals surface area contributed by atoms with E-state index in [-0.39, 0.29) is 6.42 Å². The van der Waals surface area contributed by atoms with E-state index in [2.05, 4.69) is 10.2 Å². The molecule has 0 aliphatic heterocycles. The number of carbonyl (C=O) groups is 1. The van der Waals surface area contributed by atoms with E-state index in [1.165, 1.54) is 18.3 Å². The number of benzene rings is 1. The van der Waals surface area contributed by atoms with Gasteiger partial charge in [-0.15, -0.1) is 0 Å². The molecule has 1 aromatic heterocycles. The zero-order valence-electron chi connectivity index (χ0n) is 10.7. The summed E-state index contributed by atoms with van der Waals surface area (Å²) in [5.41, 5.74) is 6.16. The SMILES string of the molecule is NC(Cc1cn[nH]c1-c1ccc(C(F)(F)F)cc1)C(=O)O. The van der Waals surface area contributed by atoms with Gasteiger partial charge in [0.05, 0.1) is 17.5 Å². The van der Waals surface area contributed by atoms with E-state index in [0.717, 1.165) is 12.1 Å². The Morgan fingerprint density at radius 2 is 1.95 bits per heavy atom. The average molecular weight is 299 g/mol. The quantitative estimate of drug-likeness (QED) is 0.805. The molecule has 1 heterocycles. The summed E-state index contributed by atoms with van der Waals surface area (Å²) in [4.78, 5) is 10.7. The van der Waals surface area contributed by atoms with Crippen LogP contribution in [-0.4, -0.2) is 27.3 Å². The summed E-state index contributed by atoms with van der Waals surface area (Å²) in [7, 11) is 0. The van der Waals surface area contributed by atoms with Crippen LogP contribution in [-0.2, 0) is 17.4 Å². The molecular weight excluding hydrogens is 287 g/mol. The van der Waals surface area contributed by atoms with Crippen molar-refractivity contribution in [1.82, 2.24) is 10.2 Å². The fourth-order valence-electron chi connectivity index (χ4n) is 1.87. The normalized spacial score (nSPS) is 13.1. The summed E-state index contributed by atoms with van der Waals surface area (Å²) in [5.74, 6) is -1.16. The minimum absolute atomic E-state index is 0.0299. The first kappa shape index (κ1) is 15.0. The molecule has 8 heteroatoms. The van der Waals surface area contributed by atoms with E-state index < -0.39 is 23.8 Å². The standard InChI is InChI=1S/C13H12F3N3O2/c14-13(15,16)9-3-1-7(2-4-9)11-8(6-18-19-11)5-10(17)12(20)21/h1-4,6,10H,5,17H2,(H,18,19)(H,20,21). The number of rotatable bonds is 4. The number of hydrogen-bond acceptors (Lipinski definition) is 3. The van der Waals surface area contributed by atoms with E-state index in [1.807, 2.05) is 0 Å². The fraction of sp³-hybridized carbons (Fsp3) is 0.231. The van der Waals surface area contributed by atoms with Gasteiger partial charge >= 0.3 is 12.1 Å². The van der Waals surface area contributed by atoms with E-state index in [4.69, 9.17) is 10.8 Å². The molecule has 2 aromatic rings. The molecular formula is C13H12F3N3O2. The summed E-state index contributed by atoms with van der Waals surface area (Å²) >= 11 is 0. The third-order valence-corrected chi connectivity index (χ3v) is 2.98. The third kappa shape index (κ3) is 3.40. The number of aromatic nitrogens is 2. The van der Waals surface area contributed by atoms with E-state index in [1.54, 1.807) is 0 Å². The first-order chi connectivity index (χ1) is 9.79. The lowest BCUT2D eigenvalue weighted by Crippen LogP contribution is -2.32. The molecule has 2 rings (SSSR count). The van der Waals surface area contributed by atoms with Crippen molar-refractivity contribution in [3.63, 3.8) is 0 Å². The number of aliphatic carboxylic acids is 1. The monoisotopic (exact) mass is 299 g/mol. The topological polar surface area (TPSA) is 92.0 Å². The highest BCUT2D eigenvalue weighted by molar-refractivity contribution is 5.74. The van der Waals surface area contributed by atoms with Crippen molar-refractivity contribution in [3.8, 4) is 11.3 Å². The maximum absolute atomic E-state index is 12.5. The maximum atomic E-state index is 12.5. The Morgan fingerprint density at radius 3 is 2.48 bits per heavy atom. The van der Waals surface area contributed by atoms with Crippen LogP contribution in [0.25, 0.3) is 11.3 Å². The zero-order chi connectivity index (χ0) is 15.6. The lowest BCUT2D eigenvalue weighted by molar-refractivity contribution is -0.139. The Morgan fingerprint density at radius 1 is 1.33 bits per heavy atom. The molecule has 0 bridgehead atoms. The molecule has 21 heavy (non-hydrogen) atoms. The summed E-state index contributed by atoms with van der Waals surface area (Å²) < 4.78 is 37.5. The lowest BCUT2D eigenvalue weighted by atomic mass is 10.0. The molecule has 1 aromatic carbocycles. The summed E-state index contributed by atoms with van der Waals surface area (Å²) in [6, 6.07) is 3.41. The number of carboxylic acid groups (broad SMARTS) is 1. The van der Waals surface area contributed by atoms with Crippen molar-refractivity contribution in [2.24, 2.45) is 5.73 Å². The van der Waals surface area contributed by atoms with Crippen molar-refractivity contribution >= 4 is 5.97 Å². The number of carboxylic acids is 1. The lowest BCUT2D eigenvalue weighted by Gasteiger charge is -2.09. The number of alkyl halides is 3. The zero-order valence-corrected chi connectivity index (χ0v) is 10.7. The molecule has 0 saturated carbocycles. The summed E-state index contributed by atoms with van der Waals surface area (Å²) in [6.45, 7) is 0. The second kappa shape index (κ2) is 5.57. The smallest absolute Gasteiger partial charge is 0.416 e. The number of halogens is 3. The molecule has 1 atom stereocenters. The van der Waals surface area contributed by atoms with Crippen molar-refractivity contribution < 1.29 is 23.1 Å². The van der Waals surface area contributed by atoms with Crippen LogP contribution in [0.5, 0.6) is 0 Å². The Bertz CT molecular complexity index is 635. The predicted octanol–water partition coefficient (Wildman–Crippen LogP) is 2.05. The Kier molecular flexibility index (Phi) is 3.99. The van der Waals surface area contributed by atoms with Gasteiger partial charge in [0.2, 0.25) is 0 Å². The number of aromatic amines is 1. The number of H-pyrrole nitrogens is 1. The van der Waals surface area contributed by atoms with Gasteiger partial charge in [-0.1, -0.05) is 12.1 Å². The van der Waals surface area contributed by atoms with Crippen LogP contribution in [0.15, 0.2) is 30.5 Å². The Labute approximate surface area is 117 Å². The van der Waals surface area contributed by atoms with Gasteiger partial charge in [-0.25, -0.2) is 0 Å². The molecule has 1 unspecified atom stereocenters. The Balaban J connectivity index is 2.27. The molecule has 0 aliphatic carbocycles. The molecule has 0 amide bonds. The molecule has 0 saturated heterocycles. The molecule has 4 N–H and O–H groups in total. The van der Waals surface area contributed by atoms with Crippen LogP contribution in [0.4, 0.5) is 13.2 Å². The average Bonchev–Trinajstić information content (AvgIpc) is 2.86. The second-order valence-electron chi connectivity index (χ2n) is 4.49. The van der Waals surface area contributed by atoms with Crippen molar-refractivity contribution in [2.45, 2.75) is 18.6 Å². The molecule has 0 radical (unpaired) electrons. The van der Waals surface area contributed by atoms with Crippen molar-refractivity contribution in [2.75, 3.05) is 0 Å². The molecule has 112 valence electrons. The van der Waals surface area contributed by atoms with Crippen LogP contribution in [0, 0.1) is 0 Å². The number of nitrogens with zero attached hydrogens (tertiary/aromatic N) is 1. The van der Waals surface area contributed by atoms with Crippen LogP contribution in [0.2, 0.25) is 0 Å². The molecule has 0 fully saturated rings. The first-order valence-corrected chi connectivity index (χ1v) is 5.97. The molecule has 0 aliphatic rings. The minimum atomic E-state index is -4.40. The molecule has 5 nitrogen and oxygen atoms in total. The van der Waals surface area contributed by atoms with Gasteiger partial charge < -0.3 is 10.8 Å². The van der Waals surface area contributed by atoms with Crippen LogP contribution < -0.4 is 5.73 Å². The Hall–Kier alpha value is -2.35. The summed E-state index contributed by atoms with van der Waals surface area (Å²) in [5, 5.41) is 15.2.